The number of hydrogen-bond acceptors (Lipinski definition) is 5. The molecule has 2 fully saturated rings. The van der Waals surface area contributed by atoms with E-state index in [1.54, 1.807) is 7.11 Å². The van der Waals surface area contributed by atoms with Crippen LogP contribution in [0.5, 0.6) is 5.75 Å². The summed E-state index contributed by atoms with van der Waals surface area (Å²) in [5.41, 5.74) is 4.74. The van der Waals surface area contributed by atoms with E-state index >= 15 is 0 Å². The highest BCUT2D eigenvalue weighted by molar-refractivity contribution is 5.92. The van der Waals surface area contributed by atoms with Crippen LogP contribution in [0.3, 0.4) is 0 Å². The number of benzene rings is 1. The second kappa shape index (κ2) is 8.67. The molecule has 1 saturated heterocycles. The van der Waals surface area contributed by atoms with E-state index in [0.717, 1.165) is 48.5 Å². The van der Waals surface area contributed by atoms with Gasteiger partial charge in [0, 0.05) is 67.7 Å². The third kappa shape index (κ3) is 3.82. The molecule has 3 aromatic heterocycles. The van der Waals surface area contributed by atoms with Crippen molar-refractivity contribution < 1.29 is 4.74 Å². The molecule has 4 aromatic rings. The Morgan fingerprint density at radius 1 is 0.939 bits per heavy atom. The molecule has 0 unspecified atom stereocenters. The fraction of sp³-hybridized carbons (Fsp3) is 0.407. The van der Waals surface area contributed by atoms with Crippen molar-refractivity contribution in [2.45, 2.75) is 37.6 Å². The Labute approximate surface area is 194 Å². The minimum absolute atomic E-state index is 0.648. The number of aromatic amines is 1. The lowest BCUT2D eigenvalue weighted by Gasteiger charge is -2.42. The van der Waals surface area contributed by atoms with Gasteiger partial charge in [0.1, 0.15) is 11.4 Å². The number of hydrogen-bond donors (Lipinski definition) is 1. The summed E-state index contributed by atoms with van der Waals surface area (Å²) in [4.78, 5) is 17.7. The van der Waals surface area contributed by atoms with E-state index in [4.69, 9.17) is 4.74 Å². The Morgan fingerprint density at radius 3 is 2.55 bits per heavy atom. The van der Waals surface area contributed by atoms with Crippen LogP contribution < -0.4 is 9.64 Å². The number of nitrogens with one attached hydrogen (secondary N) is 1. The van der Waals surface area contributed by atoms with Gasteiger partial charge in [-0.05, 0) is 61.4 Å². The molecule has 1 saturated carbocycles. The second-order valence-electron chi connectivity index (χ2n) is 9.39. The Hall–Kier alpha value is -3.12. The van der Waals surface area contributed by atoms with Gasteiger partial charge in [-0.3, -0.25) is 9.88 Å². The zero-order valence-electron chi connectivity index (χ0n) is 19.2. The topological polar surface area (TPSA) is 57.3 Å². The molecule has 1 aliphatic heterocycles. The molecule has 2 aliphatic rings. The maximum absolute atomic E-state index is 5.57. The Bertz CT molecular complexity index is 1250. The number of pyridine rings is 2. The summed E-state index contributed by atoms with van der Waals surface area (Å²) in [6.45, 7) is 4.29. The molecule has 1 N–H and O–H groups in total. The van der Waals surface area contributed by atoms with Gasteiger partial charge in [0.05, 0.1) is 18.3 Å². The Kier molecular flexibility index (Phi) is 5.38. The van der Waals surface area contributed by atoms with E-state index in [1.807, 2.05) is 24.5 Å². The summed E-state index contributed by atoms with van der Waals surface area (Å²) in [7, 11) is 1.74. The fourth-order valence-corrected chi connectivity index (χ4v) is 5.90. The third-order valence-corrected chi connectivity index (χ3v) is 7.68. The Morgan fingerprint density at radius 2 is 1.73 bits per heavy atom. The van der Waals surface area contributed by atoms with Gasteiger partial charge in [-0.1, -0.05) is 6.07 Å². The van der Waals surface area contributed by atoms with E-state index in [9.17, 15) is 0 Å². The molecule has 6 heteroatoms. The minimum atomic E-state index is 0.648. The van der Waals surface area contributed by atoms with Crippen LogP contribution in [0.1, 0.15) is 37.2 Å². The van der Waals surface area contributed by atoms with Crippen LogP contribution in [-0.2, 0) is 0 Å². The van der Waals surface area contributed by atoms with Crippen molar-refractivity contribution in [3.8, 4) is 5.75 Å². The smallest absolute Gasteiger partial charge is 0.137 e. The number of piperazine rings is 1. The van der Waals surface area contributed by atoms with E-state index in [2.05, 4.69) is 55.2 Å². The largest absolute Gasteiger partial charge is 0.497 e. The number of methoxy groups -OCH3 is 1. The number of rotatable bonds is 4. The summed E-state index contributed by atoms with van der Waals surface area (Å²) in [6.07, 6.45) is 11.0. The van der Waals surface area contributed by atoms with Crippen molar-refractivity contribution in [3.63, 3.8) is 0 Å². The van der Waals surface area contributed by atoms with Gasteiger partial charge in [0.25, 0.3) is 0 Å². The molecule has 33 heavy (non-hydrogen) atoms. The molecule has 0 bridgehead atoms. The van der Waals surface area contributed by atoms with Crippen LogP contribution in [0.15, 0.2) is 55.0 Å². The molecule has 1 aromatic carbocycles. The first-order chi connectivity index (χ1) is 16.3. The quantitative estimate of drug-likeness (QED) is 0.485. The standard InChI is InChI=1S/C27H31N5O/c1-33-22-16-20-4-2-10-28-26(20)25(17-22)32-14-12-31(13-15-32)21-8-6-19(7-9-21)24-18-30-27-23(24)5-3-11-29-27/h2-5,10-11,16-19,21H,6-9,12-15H2,1H3,(H,29,30). The van der Waals surface area contributed by atoms with E-state index in [0.29, 0.717) is 12.0 Å². The van der Waals surface area contributed by atoms with Gasteiger partial charge in [-0.2, -0.15) is 0 Å². The monoisotopic (exact) mass is 441 g/mol. The molecule has 1 aliphatic carbocycles. The van der Waals surface area contributed by atoms with Crippen LogP contribution in [0.4, 0.5) is 5.69 Å². The lowest BCUT2D eigenvalue weighted by Crippen LogP contribution is -2.51. The van der Waals surface area contributed by atoms with Crippen LogP contribution in [0, 0.1) is 0 Å². The van der Waals surface area contributed by atoms with Crippen molar-refractivity contribution >= 4 is 27.6 Å². The SMILES string of the molecule is COc1cc(N2CCN(C3CCC(c4c[nH]c5ncccc45)CC3)CC2)c2ncccc2c1. The molecule has 0 spiro atoms. The first kappa shape index (κ1) is 20.5. The Balaban J connectivity index is 1.11. The van der Waals surface area contributed by atoms with Crippen LogP contribution in [0.2, 0.25) is 0 Å². The first-order valence-corrected chi connectivity index (χ1v) is 12.1. The van der Waals surface area contributed by atoms with Crippen LogP contribution in [0.25, 0.3) is 21.9 Å². The zero-order chi connectivity index (χ0) is 22.2. The summed E-state index contributed by atoms with van der Waals surface area (Å²) >= 11 is 0. The first-order valence-electron chi connectivity index (χ1n) is 12.1. The molecular weight excluding hydrogens is 410 g/mol. The molecule has 0 radical (unpaired) electrons. The summed E-state index contributed by atoms with van der Waals surface area (Å²) in [5.74, 6) is 1.55. The molecule has 6 nitrogen and oxygen atoms in total. The maximum Gasteiger partial charge on any atom is 0.137 e. The average molecular weight is 442 g/mol. The minimum Gasteiger partial charge on any atom is -0.497 e. The van der Waals surface area contributed by atoms with Crippen LogP contribution in [-0.4, -0.2) is 59.2 Å². The number of fused-ring (bicyclic) bond motifs is 2. The number of anilines is 1. The summed E-state index contributed by atoms with van der Waals surface area (Å²) in [6, 6.07) is 13.3. The summed E-state index contributed by atoms with van der Waals surface area (Å²) < 4.78 is 5.57. The number of H-pyrrole nitrogens is 1. The second-order valence-corrected chi connectivity index (χ2v) is 9.39. The maximum atomic E-state index is 5.57. The highest BCUT2D eigenvalue weighted by Crippen LogP contribution is 2.38. The third-order valence-electron chi connectivity index (χ3n) is 7.68. The van der Waals surface area contributed by atoms with Gasteiger partial charge in [-0.25, -0.2) is 4.98 Å². The number of ether oxygens (including phenoxy) is 1. The van der Waals surface area contributed by atoms with E-state index in [1.165, 1.54) is 42.3 Å². The van der Waals surface area contributed by atoms with Gasteiger partial charge in [0.2, 0.25) is 0 Å². The normalized spacial score (nSPS) is 22.2. The van der Waals surface area contributed by atoms with Crippen molar-refractivity contribution in [1.29, 1.82) is 0 Å². The molecule has 170 valence electrons. The van der Waals surface area contributed by atoms with Crippen molar-refractivity contribution in [2.24, 2.45) is 0 Å². The molecule has 0 amide bonds. The molecule has 4 heterocycles. The van der Waals surface area contributed by atoms with Gasteiger partial charge in [0.15, 0.2) is 0 Å². The van der Waals surface area contributed by atoms with Crippen LogP contribution >= 0.6 is 0 Å². The average Bonchev–Trinajstić information content (AvgIpc) is 3.32. The highest BCUT2D eigenvalue weighted by atomic mass is 16.5. The lowest BCUT2D eigenvalue weighted by atomic mass is 9.81. The zero-order valence-corrected chi connectivity index (χ0v) is 19.2. The summed E-state index contributed by atoms with van der Waals surface area (Å²) in [5, 5.41) is 2.44. The predicted octanol–water partition coefficient (Wildman–Crippen LogP) is 4.97. The van der Waals surface area contributed by atoms with Gasteiger partial charge < -0.3 is 14.6 Å². The van der Waals surface area contributed by atoms with Crippen molar-refractivity contribution in [2.75, 3.05) is 38.2 Å². The van der Waals surface area contributed by atoms with Gasteiger partial charge in [-0.15, -0.1) is 0 Å². The van der Waals surface area contributed by atoms with Crippen molar-refractivity contribution in [1.82, 2.24) is 19.9 Å². The molecule has 0 atom stereocenters. The number of nitrogens with zero attached hydrogens (tertiary/aromatic N) is 4. The van der Waals surface area contributed by atoms with Gasteiger partial charge >= 0.3 is 0 Å². The van der Waals surface area contributed by atoms with E-state index in [-0.39, 0.29) is 0 Å². The fourth-order valence-electron chi connectivity index (χ4n) is 5.90. The lowest BCUT2D eigenvalue weighted by molar-refractivity contribution is 0.141. The molecule has 6 rings (SSSR count). The van der Waals surface area contributed by atoms with Crippen molar-refractivity contribution in [3.05, 3.63) is 60.6 Å². The molecular formula is C27H31N5O. The van der Waals surface area contributed by atoms with E-state index < -0.39 is 0 Å². The highest BCUT2D eigenvalue weighted by Gasteiger charge is 2.30. The predicted molar refractivity (Wildman–Crippen MR) is 133 cm³/mol. The number of aromatic nitrogens is 3.